The first-order chi connectivity index (χ1) is 10.7. The van der Waals surface area contributed by atoms with Gasteiger partial charge < -0.3 is 4.57 Å². The first-order valence-corrected chi connectivity index (χ1v) is 8.31. The number of aryl methyl sites for hydroxylation is 1. The molecule has 0 aliphatic rings. The van der Waals surface area contributed by atoms with E-state index in [0.29, 0.717) is 10.4 Å². The molecular weight excluding hydrogens is 294 g/mol. The molecule has 0 spiro atoms. The molecule has 3 rings (SSSR count). The zero-order valence-corrected chi connectivity index (χ0v) is 13.6. The van der Waals surface area contributed by atoms with Crippen LogP contribution in [0.4, 0.5) is 0 Å². The summed E-state index contributed by atoms with van der Waals surface area (Å²) >= 11 is 6.09. The molecule has 1 aromatic heterocycles. The molecular formula is C19H20ClNO. The number of hydrogen-bond acceptors (Lipinski definition) is 1. The van der Waals surface area contributed by atoms with Crippen LogP contribution in [0.1, 0.15) is 32.6 Å². The summed E-state index contributed by atoms with van der Waals surface area (Å²) < 4.78 is 2.26. The average Bonchev–Trinajstić information content (AvgIpc) is 2.54. The normalized spacial score (nSPS) is 11.4. The number of pyridine rings is 1. The highest BCUT2D eigenvalue weighted by atomic mass is 35.5. The maximum Gasteiger partial charge on any atom is 0.197 e. The van der Waals surface area contributed by atoms with Crippen molar-refractivity contribution in [3.63, 3.8) is 0 Å². The molecule has 0 aliphatic carbocycles. The molecule has 2 nitrogen and oxygen atoms in total. The van der Waals surface area contributed by atoms with E-state index >= 15 is 0 Å². The molecule has 0 bridgehead atoms. The smallest absolute Gasteiger partial charge is 0.197 e. The predicted molar refractivity (Wildman–Crippen MR) is 94.9 cm³/mol. The summed E-state index contributed by atoms with van der Waals surface area (Å²) in [6, 6.07) is 13.5. The van der Waals surface area contributed by atoms with E-state index in [1.54, 1.807) is 6.07 Å². The van der Waals surface area contributed by atoms with Crippen molar-refractivity contribution in [1.82, 2.24) is 4.57 Å². The van der Waals surface area contributed by atoms with Crippen LogP contribution in [0.5, 0.6) is 0 Å². The fourth-order valence-corrected chi connectivity index (χ4v) is 3.21. The van der Waals surface area contributed by atoms with Crippen LogP contribution in [0.15, 0.2) is 47.3 Å². The Kier molecular flexibility index (Phi) is 4.49. The van der Waals surface area contributed by atoms with E-state index in [0.717, 1.165) is 29.4 Å². The number of benzene rings is 2. The Morgan fingerprint density at radius 1 is 0.955 bits per heavy atom. The number of halogens is 1. The Bertz CT molecular complexity index is 866. The summed E-state index contributed by atoms with van der Waals surface area (Å²) in [5.74, 6) is 0. The summed E-state index contributed by atoms with van der Waals surface area (Å²) in [6.07, 6.45) is 4.81. The number of rotatable bonds is 5. The van der Waals surface area contributed by atoms with Gasteiger partial charge in [0.1, 0.15) is 0 Å². The molecule has 2 aromatic carbocycles. The molecule has 114 valence electrons. The third-order valence-corrected chi connectivity index (χ3v) is 4.40. The van der Waals surface area contributed by atoms with Gasteiger partial charge in [-0.2, -0.15) is 0 Å². The van der Waals surface area contributed by atoms with E-state index in [4.69, 9.17) is 11.6 Å². The highest BCUT2D eigenvalue weighted by Crippen LogP contribution is 2.22. The van der Waals surface area contributed by atoms with E-state index in [1.807, 2.05) is 36.4 Å². The maximum atomic E-state index is 12.7. The van der Waals surface area contributed by atoms with E-state index in [-0.39, 0.29) is 5.43 Å². The lowest BCUT2D eigenvalue weighted by Crippen LogP contribution is -2.11. The van der Waals surface area contributed by atoms with Crippen molar-refractivity contribution in [2.24, 2.45) is 0 Å². The highest BCUT2D eigenvalue weighted by molar-refractivity contribution is 6.31. The van der Waals surface area contributed by atoms with Crippen LogP contribution >= 0.6 is 11.6 Å². The van der Waals surface area contributed by atoms with Crippen molar-refractivity contribution in [2.75, 3.05) is 0 Å². The largest absolute Gasteiger partial charge is 0.340 e. The minimum absolute atomic E-state index is 0.0675. The fraction of sp³-hybridized carbons (Fsp3) is 0.316. The Hall–Kier alpha value is -1.80. The van der Waals surface area contributed by atoms with Gasteiger partial charge in [-0.15, -0.1) is 0 Å². The average molecular weight is 314 g/mol. The van der Waals surface area contributed by atoms with Crippen molar-refractivity contribution in [2.45, 2.75) is 39.2 Å². The van der Waals surface area contributed by atoms with Crippen LogP contribution in [0, 0.1) is 0 Å². The molecule has 0 unspecified atom stereocenters. The van der Waals surface area contributed by atoms with Crippen LogP contribution < -0.4 is 5.43 Å². The zero-order valence-electron chi connectivity index (χ0n) is 12.8. The number of fused-ring (bicyclic) bond motifs is 2. The predicted octanol–water partition coefficient (Wildman–Crippen LogP) is 5.39. The van der Waals surface area contributed by atoms with Crippen LogP contribution in [-0.4, -0.2) is 4.57 Å². The summed E-state index contributed by atoms with van der Waals surface area (Å²) in [4.78, 5) is 12.7. The number of unbranched alkanes of at least 4 members (excludes halogenated alkanes) is 3. The Morgan fingerprint density at radius 2 is 1.73 bits per heavy atom. The summed E-state index contributed by atoms with van der Waals surface area (Å²) in [6.45, 7) is 3.14. The van der Waals surface area contributed by atoms with Gasteiger partial charge in [0.2, 0.25) is 0 Å². The Balaban J connectivity index is 2.21. The molecule has 22 heavy (non-hydrogen) atoms. The second-order valence-electron chi connectivity index (χ2n) is 5.72. The van der Waals surface area contributed by atoms with Gasteiger partial charge in [0.05, 0.1) is 11.0 Å². The zero-order chi connectivity index (χ0) is 15.5. The minimum Gasteiger partial charge on any atom is -0.340 e. The van der Waals surface area contributed by atoms with Gasteiger partial charge >= 0.3 is 0 Å². The third kappa shape index (κ3) is 2.76. The van der Waals surface area contributed by atoms with E-state index < -0.39 is 0 Å². The molecule has 0 amide bonds. The molecule has 1 heterocycles. The second kappa shape index (κ2) is 6.53. The topological polar surface area (TPSA) is 22.0 Å². The van der Waals surface area contributed by atoms with Gasteiger partial charge in [0.25, 0.3) is 0 Å². The van der Waals surface area contributed by atoms with E-state index in [9.17, 15) is 4.79 Å². The van der Waals surface area contributed by atoms with Gasteiger partial charge in [-0.25, -0.2) is 0 Å². The first kappa shape index (κ1) is 15.1. The lowest BCUT2D eigenvalue weighted by atomic mass is 10.1. The lowest BCUT2D eigenvalue weighted by molar-refractivity contribution is 0.601. The quantitative estimate of drug-likeness (QED) is 0.457. The van der Waals surface area contributed by atoms with Crippen LogP contribution in [0.2, 0.25) is 5.02 Å². The maximum absolute atomic E-state index is 12.7. The van der Waals surface area contributed by atoms with Crippen LogP contribution in [0.25, 0.3) is 21.8 Å². The summed E-state index contributed by atoms with van der Waals surface area (Å²) in [7, 11) is 0. The molecule has 0 fully saturated rings. The van der Waals surface area contributed by atoms with Crippen LogP contribution in [0.3, 0.4) is 0 Å². The molecule has 0 N–H and O–H groups in total. The molecule has 0 radical (unpaired) electrons. The lowest BCUT2D eigenvalue weighted by Gasteiger charge is -2.15. The van der Waals surface area contributed by atoms with E-state index in [2.05, 4.69) is 11.5 Å². The minimum atomic E-state index is 0.0675. The molecule has 0 aliphatic heterocycles. The molecule has 3 aromatic rings. The van der Waals surface area contributed by atoms with Crippen molar-refractivity contribution in [3.05, 3.63) is 57.7 Å². The molecule has 0 atom stereocenters. The summed E-state index contributed by atoms with van der Waals surface area (Å²) in [5.41, 5.74) is 2.06. The standard InChI is InChI=1S/C19H20ClNO/c1-2-3-4-7-12-21-17-9-6-5-8-15(17)19(22)16-13-14(20)10-11-18(16)21/h5-6,8-11,13H,2-4,7,12H2,1H3. The summed E-state index contributed by atoms with van der Waals surface area (Å²) in [5, 5.41) is 2.09. The number of nitrogens with zero attached hydrogens (tertiary/aromatic N) is 1. The van der Waals surface area contributed by atoms with Gasteiger partial charge in [-0.05, 0) is 36.8 Å². The molecule has 0 saturated heterocycles. The first-order valence-electron chi connectivity index (χ1n) is 7.93. The van der Waals surface area contributed by atoms with Gasteiger partial charge in [-0.1, -0.05) is 49.9 Å². The van der Waals surface area contributed by atoms with Crippen molar-refractivity contribution < 1.29 is 0 Å². The van der Waals surface area contributed by atoms with Gasteiger partial charge in [-0.3, -0.25) is 4.79 Å². The monoisotopic (exact) mass is 313 g/mol. The number of hydrogen-bond donors (Lipinski definition) is 0. The Labute approximate surface area is 135 Å². The highest BCUT2D eigenvalue weighted by Gasteiger charge is 2.10. The second-order valence-corrected chi connectivity index (χ2v) is 6.16. The van der Waals surface area contributed by atoms with Gasteiger partial charge in [0.15, 0.2) is 5.43 Å². The SMILES string of the molecule is CCCCCCn1c2ccccc2c(=O)c2cc(Cl)ccc21. The fourth-order valence-electron chi connectivity index (χ4n) is 3.04. The number of para-hydroxylation sites is 1. The van der Waals surface area contributed by atoms with Crippen molar-refractivity contribution >= 4 is 33.4 Å². The molecule has 0 saturated carbocycles. The third-order valence-electron chi connectivity index (χ3n) is 4.17. The van der Waals surface area contributed by atoms with Crippen molar-refractivity contribution in [1.29, 1.82) is 0 Å². The number of aromatic nitrogens is 1. The molecule has 3 heteroatoms. The van der Waals surface area contributed by atoms with Crippen molar-refractivity contribution in [3.8, 4) is 0 Å². The van der Waals surface area contributed by atoms with Gasteiger partial charge in [0, 0.05) is 22.3 Å². The van der Waals surface area contributed by atoms with E-state index in [1.165, 1.54) is 19.3 Å². The van der Waals surface area contributed by atoms with Crippen LogP contribution in [-0.2, 0) is 6.54 Å². The Morgan fingerprint density at radius 3 is 2.55 bits per heavy atom.